The van der Waals surface area contributed by atoms with Crippen LogP contribution < -0.4 is 5.56 Å². The first-order chi connectivity index (χ1) is 11.5. The van der Waals surface area contributed by atoms with Gasteiger partial charge in [0.25, 0.3) is 11.2 Å². The number of nitro groups is 1. The van der Waals surface area contributed by atoms with Crippen LogP contribution in [0.3, 0.4) is 0 Å². The molecular formula is C16H13N3O4S. The molecule has 2 rings (SSSR count). The lowest BCUT2D eigenvalue weighted by atomic mass is 10.1. The second-order valence-corrected chi connectivity index (χ2v) is 5.05. The quantitative estimate of drug-likeness (QED) is 0.286. The molecule has 0 fully saturated rings. The Bertz CT molecular complexity index is 982. The molecule has 1 aromatic heterocycles. The number of aromatic hydroxyl groups is 1. The van der Waals surface area contributed by atoms with Crippen molar-refractivity contribution in [3.63, 3.8) is 0 Å². The summed E-state index contributed by atoms with van der Waals surface area (Å²) < 4.78 is 1.36. The second-order valence-electron chi connectivity index (χ2n) is 4.67. The molecular weight excluding hydrogens is 330 g/mol. The summed E-state index contributed by atoms with van der Waals surface area (Å²) in [7, 11) is 0. The topological polar surface area (TPSA) is 101 Å². The van der Waals surface area contributed by atoms with Crippen LogP contribution in [0.25, 0.3) is 12.2 Å². The lowest BCUT2D eigenvalue weighted by molar-refractivity contribution is -0.385. The Morgan fingerprint density at radius 1 is 1.42 bits per heavy atom. The van der Waals surface area contributed by atoms with Crippen LogP contribution in [0, 0.1) is 14.9 Å². The number of rotatable bonds is 5. The summed E-state index contributed by atoms with van der Waals surface area (Å²) in [6, 6.07) is 6.11. The lowest BCUT2D eigenvalue weighted by Crippen LogP contribution is -2.16. The van der Waals surface area contributed by atoms with Crippen molar-refractivity contribution < 1.29 is 10.0 Å². The Morgan fingerprint density at radius 2 is 2.12 bits per heavy atom. The molecule has 0 saturated heterocycles. The first-order valence-electron chi connectivity index (χ1n) is 6.78. The number of nitrogens with zero attached hydrogens (tertiary/aromatic N) is 2. The van der Waals surface area contributed by atoms with E-state index in [1.165, 1.54) is 28.9 Å². The summed E-state index contributed by atoms with van der Waals surface area (Å²) in [4.78, 5) is 24.8. The van der Waals surface area contributed by atoms with Gasteiger partial charge in [-0.05, 0) is 30.4 Å². The normalized spacial score (nSPS) is 9.83. The molecule has 0 spiro atoms. The molecule has 7 nitrogen and oxygen atoms in total. The van der Waals surface area contributed by atoms with Gasteiger partial charge in [-0.3, -0.25) is 24.5 Å². The first kappa shape index (κ1) is 17.1. The van der Waals surface area contributed by atoms with E-state index in [1.807, 2.05) is 0 Å². The van der Waals surface area contributed by atoms with Crippen LogP contribution in [-0.2, 0) is 6.54 Å². The molecule has 0 amide bonds. The highest BCUT2D eigenvalue weighted by Crippen LogP contribution is 2.19. The molecule has 0 saturated carbocycles. The van der Waals surface area contributed by atoms with E-state index in [0.717, 1.165) is 0 Å². The molecule has 1 aromatic carbocycles. The fourth-order valence-electron chi connectivity index (χ4n) is 1.99. The Morgan fingerprint density at radius 3 is 2.79 bits per heavy atom. The Kier molecular flexibility index (Phi) is 5.26. The summed E-state index contributed by atoms with van der Waals surface area (Å²) in [5, 5.41) is 21.1. The van der Waals surface area contributed by atoms with Gasteiger partial charge in [0.05, 0.1) is 10.5 Å². The summed E-state index contributed by atoms with van der Waals surface area (Å²) in [6.45, 7) is 3.77. The maximum Gasteiger partial charge on any atom is 0.277 e. The van der Waals surface area contributed by atoms with Gasteiger partial charge in [-0.15, -0.1) is 12.3 Å². The van der Waals surface area contributed by atoms with Gasteiger partial charge in [-0.2, -0.15) is 0 Å². The van der Waals surface area contributed by atoms with E-state index in [0.29, 0.717) is 5.56 Å². The Balaban J connectivity index is 2.52. The van der Waals surface area contributed by atoms with Gasteiger partial charge in [-0.1, -0.05) is 18.2 Å². The van der Waals surface area contributed by atoms with Crippen LogP contribution in [0.1, 0.15) is 11.1 Å². The van der Waals surface area contributed by atoms with Crippen LogP contribution in [0.2, 0.25) is 0 Å². The monoisotopic (exact) mass is 343 g/mol. The van der Waals surface area contributed by atoms with E-state index in [4.69, 9.17) is 12.2 Å². The van der Waals surface area contributed by atoms with Gasteiger partial charge in [-0.25, -0.2) is 0 Å². The summed E-state index contributed by atoms with van der Waals surface area (Å²) in [6.07, 6.45) is 4.11. The molecule has 0 unspecified atom stereocenters. The molecule has 24 heavy (non-hydrogen) atoms. The van der Waals surface area contributed by atoms with Crippen LogP contribution in [0.15, 0.2) is 47.4 Å². The van der Waals surface area contributed by atoms with Gasteiger partial charge in [0.2, 0.25) is 5.88 Å². The van der Waals surface area contributed by atoms with E-state index >= 15 is 0 Å². The average Bonchev–Trinajstić information content (AvgIpc) is 2.54. The van der Waals surface area contributed by atoms with Crippen molar-refractivity contribution >= 4 is 30.1 Å². The fraction of sp³-hybridized carbons (Fsp3) is 0.0625. The number of H-pyrrole nitrogens is 1. The molecule has 0 atom stereocenters. The van der Waals surface area contributed by atoms with Gasteiger partial charge < -0.3 is 5.11 Å². The molecule has 0 bridgehead atoms. The minimum Gasteiger partial charge on any atom is -0.494 e. The van der Waals surface area contributed by atoms with E-state index < -0.39 is 10.5 Å². The van der Waals surface area contributed by atoms with Crippen LogP contribution >= 0.6 is 12.2 Å². The minimum absolute atomic E-state index is 0.0553. The van der Waals surface area contributed by atoms with Crippen molar-refractivity contribution in [2.45, 2.75) is 6.54 Å². The molecule has 0 aliphatic carbocycles. The van der Waals surface area contributed by atoms with Gasteiger partial charge >= 0.3 is 0 Å². The average molecular weight is 343 g/mol. The number of aromatic amines is 1. The fourth-order valence-corrected chi connectivity index (χ4v) is 2.25. The Labute approximate surface area is 141 Å². The SMILES string of the molecule is C=CCn1c(O)c(C=C=Cc2ccccc2[N+](=O)[O-])c(=O)[nH]c1=S. The number of nitrogens with one attached hydrogen (secondary N) is 1. The maximum atomic E-state index is 11.9. The smallest absolute Gasteiger partial charge is 0.277 e. The minimum atomic E-state index is -0.582. The number of nitro benzene ring substituents is 1. The van der Waals surface area contributed by atoms with Gasteiger partial charge in [0, 0.05) is 12.6 Å². The summed E-state index contributed by atoms with van der Waals surface area (Å²) in [5.74, 6) is -0.327. The second kappa shape index (κ2) is 7.36. The van der Waals surface area contributed by atoms with Crippen molar-refractivity contribution in [1.29, 1.82) is 0 Å². The highest BCUT2D eigenvalue weighted by Gasteiger charge is 2.10. The third-order valence-corrected chi connectivity index (χ3v) is 3.44. The third kappa shape index (κ3) is 3.57. The van der Waals surface area contributed by atoms with E-state index in [-0.39, 0.29) is 28.4 Å². The van der Waals surface area contributed by atoms with E-state index in [9.17, 15) is 20.0 Å². The third-order valence-electron chi connectivity index (χ3n) is 3.12. The zero-order valence-corrected chi connectivity index (χ0v) is 13.2. The van der Waals surface area contributed by atoms with Crippen molar-refractivity contribution in [2.24, 2.45) is 0 Å². The molecule has 1 heterocycles. The van der Waals surface area contributed by atoms with Gasteiger partial charge in [0.15, 0.2) is 4.77 Å². The predicted octanol–water partition coefficient (Wildman–Crippen LogP) is 3.03. The largest absolute Gasteiger partial charge is 0.494 e. The number of allylic oxidation sites excluding steroid dienone is 1. The number of benzene rings is 1. The maximum absolute atomic E-state index is 11.9. The van der Waals surface area contributed by atoms with Crippen LogP contribution in [0.4, 0.5) is 5.69 Å². The first-order valence-corrected chi connectivity index (χ1v) is 7.19. The van der Waals surface area contributed by atoms with Crippen molar-refractivity contribution in [3.05, 3.63) is 79.0 Å². The standard InChI is InChI=1S/C16H13N3O4S/c1-2-10-18-15(21)12(14(20)17-16(18)24)8-5-7-11-6-3-4-9-13(11)19(22)23/h2-4,6-9,21H,1,10H2,(H,17,20,24). The molecule has 0 aliphatic heterocycles. The molecule has 122 valence electrons. The number of hydrogen-bond donors (Lipinski definition) is 2. The zero-order valence-electron chi connectivity index (χ0n) is 12.4. The summed E-state index contributed by atoms with van der Waals surface area (Å²) in [5.41, 5.74) is 2.28. The van der Waals surface area contributed by atoms with E-state index in [2.05, 4.69) is 17.3 Å². The van der Waals surface area contributed by atoms with Crippen LogP contribution in [0.5, 0.6) is 5.88 Å². The zero-order chi connectivity index (χ0) is 17.7. The highest BCUT2D eigenvalue weighted by atomic mass is 32.1. The molecule has 2 aromatic rings. The number of hydrogen-bond acceptors (Lipinski definition) is 5. The molecule has 8 heteroatoms. The Hall–Kier alpha value is -3.22. The molecule has 2 N–H and O–H groups in total. The number of aromatic nitrogens is 2. The lowest BCUT2D eigenvalue weighted by Gasteiger charge is -2.07. The van der Waals surface area contributed by atoms with Crippen molar-refractivity contribution in [3.8, 4) is 5.88 Å². The van der Waals surface area contributed by atoms with Crippen LogP contribution in [-0.4, -0.2) is 19.6 Å². The van der Waals surface area contributed by atoms with Crippen molar-refractivity contribution in [2.75, 3.05) is 0 Å². The molecule has 0 radical (unpaired) electrons. The molecule has 0 aliphatic rings. The van der Waals surface area contributed by atoms with Gasteiger partial charge in [0.1, 0.15) is 5.56 Å². The number of para-hydroxylation sites is 1. The predicted molar refractivity (Wildman–Crippen MR) is 93.3 cm³/mol. The van der Waals surface area contributed by atoms with E-state index in [1.54, 1.807) is 18.2 Å². The highest BCUT2D eigenvalue weighted by molar-refractivity contribution is 7.71. The summed E-state index contributed by atoms with van der Waals surface area (Å²) >= 11 is 4.97. The van der Waals surface area contributed by atoms with Crippen molar-refractivity contribution in [1.82, 2.24) is 9.55 Å².